The first kappa shape index (κ1) is 25.0. The van der Waals surface area contributed by atoms with Gasteiger partial charge in [0.15, 0.2) is 6.29 Å². The third-order valence-electron chi connectivity index (χ3n) is 4.10. The molecule has 1 aromatic heterocycles. The lowest BCUT2D eigenvalue weighted by atomic mass is 9.85. The summed E-state index contributed by atoms with van der Waals surface area (Å²) in [6, 6.07) is 24.3. The number of hydrogen-bond donors (Lipinski definition) is 0. The summed E-state index contributed by atoms with van der Waals surface area (Å²) in [4.78, 5) is 18.2. The van der Waals surface area contributed by atoms with E-state index in [1.807, 2.05) is 20.9 Å². The van der Waals surface area contributed by atoms with Crippen molar-refractivity contribution in [3.05, 3.63) is 90.3 Å². The standard InChI is InChI=1S/C19H23N.C6H5NO.C2H6/c1-19(2,3)14-18(20-4)17-13-9-8-12-16(17)15-10-6-5-7-11-15;8-5-6-3-1-2-4-7-6;1-2/h5-13H,14H2,1-4H3;1-5H;1-2H3. The molecule has 0 saturated heterocycles. The van der Waals surface area contributed by atoms with Gasteiger partial charge in [0.25, 0.3) is 0 Å². The fraction of sp³-hybridized carbons (Fsp3) is 0.296. The zero-order valence-corrected chi connectivity index (χ0v) is 19.1. The van der Waals surface area contributed by atoms with Gasteiger partial charge in [-0.25, -0.2) is 0 Å². The Bertz CT molecular complexity index is 895. The third kappa shape index (κ3) is 8.52. The van der Waals surface area contributed by atoms with Gasteiger partial charge in [0.1, 0.15) is 5.69 Å². The van der Waals surface area contributed by atoms with Gasteiger partial charge in [-0.2, -0.15) is 0 Å². The van der Waals surface area contributed by atoms with Crippen LogP contribution in [0.25, 0.3) is 11.1 Å². The van der Waals surface area contributed by atoms with Gasteiger partial charge in [-0.3, -0.25) is 14.8 Å². The molecule has 0 aliphatic rings. The average Bonchev–Trinajstić information content (AvgIpc) is 2.80. The molecule has 0 N–H and O–H groups in total. The van der Waals surface area contributed by atoms with Crippen LogP contribution in [0.5, 0.6) is 0 Å². The molecule has 158 valence electrons. The Balaban J connectivity index is 0.000000375. The molecule has 0 fully saturated rings. The summed E-state index contributed by atoms with van der Waals surface area (Å²) < 4.78 is 0. The highest BCUT2D eigenvalue weighted by Crippen LogP contribution is 2.28. The molecule has 0 unspecified atom stereocenters. The molecule has 3 rings (SSSR count). The van der Waals surface area contributed by atoms with Crippen LogP contribution in [0.2, 0.25) is 0 Å². The molecule has 0 amide bonds. The van der Waals surface area contributed by atoms with Crippen LogP contribution in [-0.2, 0) is 0 Å². The van der Waals surface area contributed by atoms with Crippen molar-refractivity contribution < 1.29 is 4.79 Å². The van der Waals surface area contributed by atoms with Crippen molar-refractivity contribution in [2.75, 3.05) is 7.05 Å². The summed E-state index contributed by atoms with van der Waals surface area (Å²) in [5.74, 6) is 0. The predicted molar refractivity (Wildman–Crippen MR) is 129 cm³/mol. The van der Waals surface area contributed by atoms with E-state index < -0.39 is 0 Å². The second-order valence-electron chi connectivity index (χ2n) is 7.69. The predicted octanol–water partition coefficient (Wildman–Crippen LogP) is 7.13. The quantitative estimate of drug-likeness (QED) is 0.344. The summed E-state index contributed by atoms with van der Waals surface area (Å²) >= 11 is 0. The monoisotopic (exact) mass is 402 g/mol. The Morgan fingerprint density at radius 1 is 0.900 bits per heavy atom. The fourth-order valence-corrected chi connectivity index (χ4v) is 2.85. The molecular weight excluding hydrogens is 368 g/mol. The molecule has 0 bridgehead atoms. The van der Waals surface area contributed by atoms with Gasteiger partial charge in [0.2, 0.25) is 0 Å². The largest absolute Gasteiger partial charge is 0.296 e. The topological polar surface area (TPSA) is 42.3 Å². The zero-order valence-electron chi connectivity index (χ0n) is 19.1. The highest BCUT2D eigenvalue weighted by molar-refractivity contribution is 6.06. The summed E-state index contributed by atoms with van der Waals surface area (Å²) in [6.45, 7) is 10.8. The van der Waals surface area contributed by atoms with E-state index >= 15 is 0 Å². The average molecular weight is 403 g/mol. The molecule has 0 aliphatic carbocycles. The van der Waals surface area contributed by atoms with Crippen molar-refractivity contribution in [1.82, 2.24) is 4.98 Å². The van der Waals surface area contributed by atoms with E-state index in [2.05, 4.69) is 85.3 Å². The van der Waals surface area contributed by atoms with Crippen molar-refractivity contribution in [2.24, 2.45) is 10.4 Å². The van der Waals surface area contributed by atoms with Crippen LogP contribution in [0.4, 0.5) is 0 Å². The van der Waals surface area contributed by atoms with Crippen molar-refractivity contribution in [3.8, 4) is 11.1 Å². The van der Waals surface area contributed by atoms with Crippen molar-refractivity contribution >= 4 is 12.0 Å². The van der Waals surface area contributed by atoms with Gasteiger partial charge in [-0.1, -0.05) is 95.3 Å². The summed E-state index contributed by atoms with van der Waals surface area (Å²) in [5.41, 5.74) is 5.65. The number of nitrogens with zero attached hydrogens (tertiary/aromatic N) is 2. The van der Waals surface area contributed by atoms with Gasteiger partial charge in [0, 0.05) is 24.5 Å². The van der Waals surface area contributed by atoms with Gasteiger partial charge < -0.3 is 0 Å². The Morgan fingerprint density at radius 3 is 2.00 bits per heavy atom. The normalized spacial score (nSPS) is 10.8. The van der Waals surface area contributed by atoms with Gasteiger partial charge >= 0.3 is 0 Å². The first-order valence-corrected chi connectivity index (χ1v) is 10.4. The van der Waals surface area contributed by atoms with Gasteiger partial charge in [0.05, 0.1) is 0 Å². The number of aliphatic imine (C=N–C) groups is 1. The SMILES string of the molecule is CC.CN=C(CC(C)(C)C)c1ccccc1-c1ccccc1.O=Cc1ccccn1. The van der Waals surface area contributed by atoms with Crippen LogP contribution in [-0.4, -0.2) is 24.0 Å². The number of carbonyl (C=O) groups excluding carboxylic acids is 1. The highest BCUT2D eigenvalue weighted by Gasteiger charge is 2.17. The number of hydrogen-bond acceptors (Lipinski definition) is 3. The van der Waals surface area contributed by atoms with Crippen LogP contribution in [0, 0.1) is 5.41 Å². The number of benzene rings is 2. The summed E-state index contributed by atoms with van der Waals surface area (Å²) in [5, 5.41) is 0. The molecule has 3 nitrogen and oxygen atoms in total. The molecule has 0 saturated carbocycles. The minimum Gasteiger partial charge on any atom is -0.296 e. The Hall–Kier alpha value is -3.07. The lowest BCUT2D eigenvalue weighted by molar-refractivity contribution is 0.111. The summed E-state index contributed by atoms with van der Waals surface area (Å²) in [7, 11) is 1.89. The minimum absolute atomic E-state index is 0.235. The van der Waals surface area contributed by atoms with E-state index in [4.69, 9.17) is 0 Å². The number of aromatic nitrogens is 1. The van der Waals surface area contributed by atoms with Crippen LogP contribution in [0.1, 0.15) is 57.1 Å². The van der Waals surface area contributed by atoms with Crippen LogP contribution in [0.3, 0.4) is 0 Å². The number of rotatable bonds is 4. The van der Waals surface area contributed by atoms with E-state index in [1.165, 1.54) is 22.4 Å². The Labute approximate surface area is 181 Å². The van der Waals surface area contributed by atoms with Crippen LogP contribution < -0.4 is 0 Å². The van der Waals surface area contributed by atoms with Crippen molar-refractivity contribution in [3.63, 3.8) is 0 Å². The van der Waals surface area contributed by atoms with E-state index in [-0.39, 0.29) is 5.41 Å². The maximum atomic E-state index is 9.94. The van der Waals surface area contributed by atoms with Crippen LogP contribution >= 0.6 is 0 Å². The molecule has 0 atom stereocenters. The molecule has 1 heterocycles. The highest BCUT2D eigenvalue weighted by atomic mass is 16.1. The Kier molecular flexibility index (Phi) is 11.0. The first-order valence-electron chi connectivity index (χ1n) is 10.4. The number of carbonyl (C=O) groups is 1. The van der Waals surface area contributed by atoms with E-state index in [0.717, 1.165) is 12.7 Å². The lowest BCUT2D eigenvalue weighted by Gasteiger charge is -2.21. The molecule has 30 heavy (non-hydrogen) atoms. The molecule has 3 aromatic rings. The number of aldehydes is 1. The molecule has 2 aromatic carbocycles. The molecule has 0 aliphatic heterocycles. The van der Waals surface area contributed by atoms with E-state index in [1.54, 1.807) is 24.4 Å². The van der Waals surface area contributed by atoms with Crippen LogP contribution in [0.15, 0.2) is 84.0 Å². The second kappa shape index (κ2) is 13.2. The van der Waals surface area contributed by atoms with E-state index in [9.17, 15) is 4.79 Å². The van der Waals surface area contributed by atoms with Gasteiger partial charge in [-0.15, -0.1) is 0 Å². The summed E-state index contributed by atoms with van der Waals surface area (Å²) in [6.07, 6.45) is 3.29. The maximum Gasteiger partial charge on any atom is 0.168 e. The Morgan fingerprint density at radius 2 is 1.50 bits per heavy atom. The molecule has 0 spiro atoms. The van der Waals surface area contributed by atoms with Crippen molar-refractivity contribution in [1.29, 1.82) is 0 Å². The zero-order chi connectivity index (χ0) is 22.4. The van der Waals surface area contributed by atoms with Gasteiger partial charge in [-0.05, 0) is 35.1 Å². The number of pyridine rings is 1. The smallest absolute Gasteiger partial charge is 0.168 e. The molecule has 0 radical (unpaired) electrons. The minimum atomic E-state index is 0.235. The lowest BCUT2D eigenvalue weighted by Crippen LogP contribution is -2.14. The second-order valence-corrected chi connectivity index (χ2v) is 7.69. The fourth-order valence-electron chi connectivity index (χ4n) is 2.85. The molecule has 3 heteroatoms. The first-order chi connectivity index (χ1) is 14.4. The molecular formula is C27H34N2O. The van der Waals surface area contributed by atoms with E-state index in [0.29, 0.717) is 5.69 Å². The van der Waals surface area contributed by atoms with Crippen molar-refractivity contribution in [2.45, 2.75) is 41.0 Å². The third-order valence-corrected chi connectivity index (χ3v) is 4.10. The maximum absolute atomic E-state index is 9.94.